The highest BCUT2D eigenvalue weighted by Crippen LogP contribution is 2.29. The number of rotatable bonds is 10. The van der Waals surface area contributed by atoms with Crippen LogP contribution in [0.5, 0.6) is 0 Å². The highest BCUT2D eigenvalue weighted by atomic mass is 16.2. The highest BCUT2D eigenvalue weighted by molar-refractivity contribution is 5.92. The third-order valence-electron chi connectivity index (χ3n) is 11.9. The van der Waals surface area contributed by atoms with Crippen molar-refractivity contribution in [2.45, 2.75) is 76.8 Å². The fourth-order valence-electron chi connectivity index (χ4n) is 8.64. The summed E-state index contributed by atoms with van der Waals surface area (Å²) in [6, 6.07) is 13.3. The molecule has 12 nitrogen and oxygen atoms in total. The van der Waals surface area contributed by atoms with Crippen LogP contribution < -0.4 is 16.2 Å². The largest absolute Gasteiger partial charge is 0.357 e. The van der Waals surface area contributed by atoms with Crippen molar-refractivity contribution in [2.24, 2.45) is 5.92 Å². The number of hydrogen-bond donors (Lipinski definition) is 4. The molecule has 5 heterocycles. The molecule has 0 radical (unpaired) electrons. The van der Waals surface area contributed by atoms with Gasteiger partial charge >= 0.3 is 6.03 Å². The molecule has 3 saturated heterocycles. The molecule has 12 heteroatoms. The third-order valence-corrected chi connectivity index (χ3v) is 11.9. The Hall–Kier alpha value is -5.23. The number of aromatic nitrogens is 3. The topological polar surface area (TPSA) is 147 Å². The van der Waals surface area contributed by atoms with Crippen LogP contribution in [0.4, 0.5) is 4.79 Å². The van der Waals surface area contributed by atoms with Gasteiger partial charge < -0.3 is 30.3 Å². The maximum absolute atomic E-state index is 14.3. The summed E-state index contributed by atoms with van der Waals surface area (Å²) < 4.78 is 0. The van der Waals surface area contributed by atoms with Crippen LogP contribution >= 0.6 is 0 Å². The summed E-state index contributed by atoms with van der Waals surface area (Å²) in [6.45, 7) is 15.7. The van der Waals surface area contributed by atoms with E-state index in [9.17, 15) is 19.2 Å². The minimum atomic E-state index is -0.724. The first kappa shape index (κ1) is 37.1. The number of allylic oxidation sites excluding steroid dienone is 2. The molecule has 0 saturated carbocycles. The van der Waals surface area contributed by atoms with Crippen molar-refractivity contribution in [1.82, 2.24) is 40.5 Å². The van der Waals surface area contributed by atoms with Crippen LogP contribution in [0.3, 0.4) is 0 Å². The Morgan fingerprint density at radius 2 is 1.61 bits per heavy atom. The number of aryl methyl sites for hydroxylation is 1. The fraction of sp³-hybridized carbons (Fsp3) is 0.452. The van der Waals surface area contributed by atoms with Gasteiger partial charge in [0.25, 0.3) is 5.56 Å². The molecule has 4 N–H and O–H groups in total. The Morgan fingerprint density at radius 1 is 0.907 bits per heavy atom. The summed E-state index contributed by atoms with van der Waals surface area (Å²) in [5, 5.41) is 15.5. The summed E-state index contributed by atoms with van der Waals surface area (Å²) in [7, 11) is 0. The molecule has 1 atom stereocenters. The molecule has 2 aromatic carbocycles. The number of ketones is 1. The quantitative estimate of drug-likeness (QED) is 0.166. The molecular weight excluding hydrogens is 681 g/mol. The van der Waals surface area contributed by atoms with Gasteiger partial charge in [-0.05, 0) is 99.2 Å². The molecule has 7 rings (SSSR count). The maximum Gasteiger partial charge on any atom is 0.318 e. The van der Waals surface area contributed by atoms with E-state index in [2.05, 4.69) is 49.9 Å². The first-order valence-corrected chi connectivity index (χ1v) is 19.3. The van der Waals surface area contributed by atoms with Crippen LogP contribution in [0.2, 0.25) is 0 Å². The standard InChI is InChI=1S/C42H52N8O4/c1-26-21-30(22-34-25-43-47-39(26)34)23-38(46-42(54)50-17-11-32(12-18-50)36-24-33-7-5-6-8-37(33)45-40(36)52)41(53)49-19-13-35(14-20-49)48-15-9-31(10-16-48)28(3)44-27(2)29(4)51/h5-8,21-22,24-25,31-32,35,38,44H,2-3,9-20,23H2,1,4H3,(H,43,47)(H,45,52)(H,46,54). The first-order valence-electron chi connectivity index (χ1n) is 19.3. The zero-order chi connectivity index (χ0) is 37.9. The van der Waals surface area contributed by atoms with Gasteiger partial charge in [0.1, 0.15) is 6.04 Å². The van der Waals surface area contributed by atoms with Gasteiger partial charge in [-0.2, -0.15) is 5.10 Å². The molecular formula is C42H52N8O4. The second-order valence-corrected chi connectivity index (χ2v) is 15.4. The smallest absolute Gasteiger partial charge is 0.318 e. The number of fused-ring (bicyclic) bond motifs is 2. The summed E-state index contributed by atoms with van der Waals surface area (Å²) in [4.78, 5) is 62.0. The van der Waals surface area contributed by atoms with Gasteiger partial charge in [-0.3, -0.25) is 19.5 Å². The molecule has 284 valence electrons. The second kappa shape index (κ2) is 16.0. The number of nitrogens with zero attached hydrogens (tertiary/aromatic N) is 4. The Morgan fingerprint density at radius 3 is 2.33 bits per heavy atom. The minimum absolute atomic E-state index is 0.0544. The number of pyridine rings is 1. The van der Waals surface area contributed by atoms with E-state index in [-0.39, 0.29) is 29.2 Å². The summed E-state index contributed by atoms with van der Waals surface area (Å²) >= 11 is 0. The van der Waals surface area contributed by atoms with Crippen molar-refractivity contribution in [3.63, 3.8) is 0 Å². The van der Waals surface area contributed by atoms with E-state index in [0.717, 1.165) is 83.0 Å². The number of benzene rings is 2. The van der Waals surface area contributed by atoms with Crippen LogP contribution in [-0.2, 0) is 16.0 Å². The second-order valence-electron chi connectivity index (χ2n) is 15.4. The number of H-pyrrole nitrogens is 2. The van der Waals surface area contributed by atoms with Crippen molar-refractivity contribution in [2.75, 3.05) is 39.3 Å². The average molecular weight is 733 g/mol. The van der Waals surface area contributed by atoms with Gasteiger partial charge in [-0.25, -0.2) is 4.79 Å². The number of para-hydroxylation sites is 1. The van der Waals surface area contributed by atoms with Gasteiger partial charge in [0.2, 0.25) is 5.91 Å². The molecule has 0 spiro atoms. The molecule has 2 aromatic heterocycles. The Labute approximate surface area is 316 Å². The fourth-order valence-corrected chi connectivity index (χ4v) is 8.64. The zero-order valence-corrected chi connectivity index (χ0v) is 31.5. The van der Waals surface area contributed by atoms with E-state index < -0.39 is 6.04 Å². The average Bonchev–Trinajstić information content (AvgIpc) is 3.67. The number of hydrogen-bond acceptors (Lipinski definition) is 7. The minimum Gasteiger partial charge on any atom is -0.357 e. The molecule has 3 aliphatic rings. The van der Waals surface area contributed by atoms with Gasteiger partial charge in [0.15, 0.2) is 5.78 Å². The Bertz CT molecular complexity index is 2110. The molecule has 1 unspecified atom stereocenters. The lowest BCUT2D eigenvalue weighted by Gasteiger charge is -2.42. The summed E-state index contributed by atoms with van der Waals surface area (Å²) in [5.74, 6) is 0.206. The normalized spacial score (nSPS) is 18.5. The number of carbonyl (C=O) groups excluding carboxylic acids is 3. The van der Waals surface area contributed by atoms with Crippen LogP contribution in [0.1, 0.15) is 68.1 Å². The lowest BCUT2D eigenvalue weighted by Crippen LogP contribution is -2.56. The van der Waals surface area contributed by atoms with Crippen molar-refractivity contribution in [1.29, 1.82) is 0 Å². The summed E-state index contributed by atoms with van der Waals surface area (Å²) in [5.41, 5.74) is 5.72. The molecule has 0 bridgehead atoms. The number of aromatic amines is 2. The number of piperidine rings is 3. The number of carbonyl (C=O) groups is 3. The van der Waals surface area contributed by atoms with Crippen molar-refractivity contribution in [3.05, 3.63) is 100 Å². The van der Waals surface area contributed by atoms with Gasteiger partial charge in [0.05, 0.1) is 17.4 Å². The predicted octanol–water partition coefficient (Wildman–Crippen LogP) is 5.12. The van der Waals surface area contributed by atoms with Gasteiger partial charge in [-0.15, -0.1) is 0 Å². The Balaban J connectivity index is 0.979. The number of Topliss-reactive ketones (excluding diaryl/α,β-unsaturated/α-hetero) is 1. The van der Waals surface area contributed by atoms with E-state index in [1.165, 1.54) is 6.92 Å². The predicted molar refractivity (Wildman–Crippen MR) is 211 cm³/mol. The van der Waals surface area contributed by atoms with Crippen molar-refractivity contribution < 1.29 is 14.4 Å². The SMILES string of the molecule is C=C(NC(=C)C1CCN(C2CCN(C(=O)C(Cc3cc(C)c4[nH]ncc4c3)NC(=O)N3CCC(c4cc5ccccc5[nH]c4=O)CC3)CC2)CC1)C(C)=O. The van der Waals surface area contributed by atoms with Crippen molar-refractivity contribution in [3.8, 4) is 0 Å². The monoisotopic (exact) mass is 732 g/mol. The lowest BCUT2D eigenvalue weighted by atomic mass is 9.89. The molecule has 54 heavy (non-hydrogen) atoms. The van der Waals surface area contributed by atoms with Gasteiger partial charge in [-0.1, -0.05) is 37.4 Å². The van der Waals surface area contributed by atoms with E-state index in [4.69, 9.17) is 0 Å². The van der Waals surface area contributed by atoms with Crippen molar-refractivity contribution >= 4 is 39.5 Å². The molecule has 0 aliphatic carbocycles. The van der Waals surface area contributed by atoms with E-state index in [1.807, 2.05) is 48.2 Å². The molecule has 4 aromatic rings. The van der Waals surface area contributed by atoms with Crippen LogP contribution in [0.25, 0.3) is 21.8 Å². The summed E-state index contributed by atoms with van der Waals surface area (Å²) in [6.07, 6.45) is 7.17. The highest BCUT2D eigenvalue weighted by Gasteiger charge is 2.35. The number of amides is 3. The van der Waals surface area contributed by atoms with Crippen LogP contribution in [0, 0.1) is 12.8 Å². The van der Waals surface area contributed by atoms with E-state index >= 15 is 0 Å². The third kappa shape index (κ3) is 8.13. The molecule has 3 fully saturated rings. The molecule has 3 amide bonds. The number of urea groups is 1. The number of nitrogens with one attached hydrogen (secondary N) is 4. The molecule has 3 aliphatic heterocycles. The van der Waals surface area contributed by atoms with Crippen LogP contribution in [0.15, 0.2) is 78.0 Å². The van der Waals surface area contributed by atoms with E-state index in [0.29, 0.717) is 63.1 Å². The van der Waals surface area contributed by atoms with Gasteiger partial charge in [0, 0.05) is 73.6 Å². The Kier molecular flexibility index (Phi) is 11.0. The lowest BCUT2D eigenvalue weighted by molar-refractivity contribution is -0.135. The number of likely N-dealkylation sites (tertiary alicyclic amines) is 3. The van der Waals surface area contributed by atoms with Crippen LogP contribution in [-0.4, -0.2) is 99.0 Å². The maximum atomic E-state index is 14.3. The first-order chi connectivity index (χ1) is 26.0. The zero-order valence-electron chi connectivity index (χ0n) is 31.5. The van der Waals surface area contributed by atoms with E-state index in [1.54, 1.807) is 11.1 Å².